The maximum Gasteiger partial charge on any atom is 0.268 e. The van der Waals surface area contributed by atoms with Crippen molar-refractivity contribution in [3.05, 3.63) is 59.5 Å². The van der Waals surface area contributed by atoms with Gasteiger partial charge < -0.3 is 14.3 Å². The molecule has 0 aliphatic carbocycles. The van der Waals surface area contributed by atoms with Gasteiger partial charge in [0.2, 0.25) is 0 Å². The Morgan fingerprint density at radius 3 is 2.72 bits per heavy atom. The predicted molar refractivity (Wildman–Crippen MR) is 101 cm³/mol. The molecule has 0 saturated heterocycles. The highest BCUT2D eigenvalue weighted by Crippen LogP contribution is 2.24. The summed E-state index contributed by atoms with van der Waals surface area (Å²) in [5.74, 6) is 0.858. The summed E-state index contributed by atoms with van der Waals surface area (Å²) in [5, 5.41) is 3.01. The molecule has 3 aromatic rings. The van der Waals surface area contributed by atoms with Gasteiger partial charge in [-0.3, -0.25) is 4.79 Å². The van der Waals surface area contributed by atoms with Crippen LogP contribution < -0.4 is 5.32 Å². The molecule has 1 N–H and O–H groups in total. The van der Waals surface area contributed by atoms with Crippen LogP contribution in [0.4, 0.5) is 0 Å². The van der Waals surface area contributed by atoms with Crippen molar-refractivity contribution in [2.45, 2.75) is 46.1 Å². The van der Waals surface area contributed by atoms with E-state index in [4.69, 9.17) is 4.42 Å². The first kappa shape index (κ1) is 17.3. The zero-order chi connectivity index (χ0) is 17.6. The molecule has 0 spiro atoms. The molecule has 4 heteroatoms. The van der Waals surface area contributed by atoms with Crippen LogP contribution in [0.5, 0.6) is 0 Å². The van der Waals surface area contributed by atoms with E-state index in [9.17, 15) is 4.79 Å². The van der Waals surface area contributed by atoms with E-state index < -0.39 is 0 Å². The van der Waals surface area contributed by atoms with E-state index in [0.29, 0.717) is 12.2 Å². The molecule has 0 bridgehead atoms. The molecule has 25 heavy (non-hydrogen) atoms. The molecule has 0 atom stereocenters. The molecule has 0 aliphatic rings. The maximum absolute atomic E-state index is 12.6. The molecule has 0 unspecified atom stereocenters. The lowest BCUT2D eigenvalue weighted by Crippen LogP contribution is -2.26. The first-order valence-corrected chi connectivity index (χ1v) is 9.11. The van der Waals surface area contributed by atoms with Crippen LogP contribution in [0.1, 0.15) is 48.0 Å². The van der Waals surface area contributed by atoms with Crippen molar-refractivity contribution in [1.82, 2.24) is 9.88 Å². The monoisotopic (exact) mass is 338 g/mol. The van der Waals surface area contributed by atoms with E-state index in [0.717, 1.165) is 49.1 Å². The van der Waals surface area contributed by atoms with Crippen molar-refractivity contribution in [3.63, 3.8) is 0 Å². The SMILES string of the molecule is CCCCNC(=O)c1cc2oc(C)cc2n1CCCc1ccccc1. The second-order valence-electron chi connectivity index (χ2n) is 6.49. The van der Waals surface area contributed by atoms with Gasteiger partial charge in [-0.25, -0.2) is 0 Å². The van der Waals surface area contributed by atoms with Crippen LogP contribution in [0.25, 0.3) is 11.1 Å². The number of aromatic nitrogens is 1. The number of amides is 1. The quantitative estimate of drug-likeness (QED) is 0.605. The van der Waals surface area contributed by atoms with Gasteiger partial charge in [-0.2, -0.15) is 0 Å². The molecule has 4 nitrogen and oxygen atoms in total. The van der Waals surface area contributed by atoms with Crippen molar-refractivity contribution in [1.29, 1.82) is 0 Å². The first-order valence-electron chi connectivity index (χ1n) is 9.11. The minimum atomic E-state index is -0.0165. The summed E-state index contributed by atoms with van der Waals surface area (Å²) in [5.41, 5.74) is 3.81. The van der Waals surface area contributed by atoms with Crippen molar-refractivity contribution < 1.29 is 9.21 Å². The summed E-state index contributed by atoms with van der Waals surface area (Å²) in [4.78, 5) is 12.6. The van der Waals surface area contributed by atoms with Gasteiger partial charge >= 0.3 is 0 Å². The lowest BCUT2D eigenvalue weighted by molar-refractivity contribution is 0.0944. The third kappa shape index (κ3) is 4.13. The molecule has 2 aromatic heterocycles. The molecular formula is C21H26N2O2. The van der Waals surface area contributed by atoms with E-state index in [1.165, 1.54) is 5.56 Å². The van der Waals surface area contributed by atoms with Gasteiger partial charge in [0.1, 0.15) is 11.5 Å². The number of carbonyl (C=O) groups is 1. The lowest BCUT2D eigenvalue weighted by atomic mass is 10.1. The number of benzene rings is 1. The van der Waals surface area contributed by atoms with E-state index in [1.807, 2.05) is 25.1 Å². The predicted octanol–water partition coefficient (Wildman–Crippen LogP) is 4.71. The molecule has 132 valence electrons. The van der Waals surface area contributed by atoms with E-state index in [2.05, 4.69) is 41.1 Å². The van der Waals surface area contributed by atoms with E-state index >= 15 is 0 Å². The number of unbranched alkanes of at least 4 members (excludes halogenated alkanes) is 1. The minimum Gasteiger partial charge on any atom is -0.460 e. The highest BCUT2D eigenvalue weighted by molar-refractivity contribution is 5.97. The Kier molecular flexibility index (Phi) is 5.59. The van der Waals surface area contributed by atoms with Crippen molar-refractivity contribution in [2.24, 2.45) is 0 Å². The number of furan rings is 1. The fraction of sp³-hybridized carbons (Fsp3) is 0.381. The van der Waals surface area contributed by atoms with Crippen molar-refractivity contribution in [2.75, 3.05) is 6.54 Å². The third-order valence-electron chi connectivity index (χ3n) is 4.45. The van der Waals surface area contributed by atoms with Gasteiger partial charge in [0, 0.05) is 25.2 Å². The van der Waals surface area contributed by atoms with Crippen LogP contribution in [0.3, 0.4) is 0 Å². The zero-order valence-electron chi connectivity index (χ0n) is 15.0. The molecule has 3 rings (SSSR count). The Balaban J connectivity index is 1.76. The number of hydrogen-bond acceptors (Lipinski definition) is 2. The van der Waals surface area contributed by atoms with Crippen LogP contribution in [-0.2, 0) is 13.0 Å². The maximum atomic E-state index is 12.6. The summed E-state index contributed by atoms with van der Waals surface area (Å²) >= 11 is 0. The van der Waals surface area contributed by atoms with Gasteiger partial charge in [0.15, 0.2) is 5.58 Å². The van der Waals surface area contributed by atoms with Crippen molar-refractivity contribution in [3.8, 4) is 0 Å². The smallest absolute Gasteiger partial charge is 0.268 e. The molecule has 0 saturated carbocycles. The number of nitrogens with zero attached hydrogens (tertiary/aromatic N) is 1. The largest absolute Gasteiger partial charge is 0.460 e. The standard InChI is InChI=1S/C21H26N2O2/c1-3-4-12-22-21(24)19-15-20-18(14-16(2)25-20)23(19)13-8-11-17-9-6-5-7-10-17/h5-7,9-10,14-15H,3-4,8,11-13H2,1-2H3,(H,22,24). The Labute approximate surface area is 148 Å². The Bertz CT molecular complexity index is 830. The Morgan fingerprint density at radius 1 is 1.16 bits per heavy atom. The third-order valence-corrected chi connectivity index (χ3v) is 4.45. The number of nitrogens with one attached hydrogen (secondary N) is 1. The second-order valence-corrected chi connectivity index (χ2v) is 6.49. The number of rotatable bonds is 8. The lowest BCUT2D eigenvalue weighted by Gasteiger charge is -2.10. The molecule has 1 amide bonds. The number of carbonyl (C=O) groups excluding carboxylic acids is 1. The van der Waals surface area contributed by atoms with E-state index in [-0.39, 0.29) is 5.91 Å². The summed E-state index contributed by atoms with van der Waals surface area (Å²) in [6.45, 7) is 5.57. The van der Waals surface area contributed by atoms with Crippen LogP contribution in [0.2, 0.25) is 0 Å². The number of fused-ring (bicyclic) bond motifs is 1. The Hall–Kier alpha value is -2.49. The topological polar surface area (TPSA) is 47.2 Å². The molecule has 0 aliphatic heterocycles. The van der Waals surface area contributed by atoms with Gasteiger partial charge in [0.25, 0.3) is 5.91 Å². The van der Waals surface area contributed by atoms with Gasteiger partial charge in [-0.15, -0.1) is 0 Å². The summed E-state index contributed by atoms with van der Waals surface area (Å²) in [6.07, 6.45) is 4.04. The van der Waals surface area contributed by atoms with Crippen LogP contribution in [0, 0.1) is 6.92 Å². The van der Waals surface area contributed by atoms with Gasteiger partial charge in [0.05, 0.1) is 5.52 Å². The molecule has 2 heterocycles. The normalized spacial score (nSPS) is 11.1. The minimum absolute atomic E-state index is 0.0165. The van der Waals surface area contributed by atoms with Crippen LogP contribution in [-0.4, -0.2) is 17.0 Å². The van der Waals surface area contributed by atoms with E-state index in [1.54, 1.807) is 0 Å². The average molecular weight is 338 g/mol. The average Bonchev–Trinajstić information content (AvgIpc) is 3.13. The fourth-order valence-corrected chi connectivity index (χ4v) is 3.15. The Morgan fingerprint density at radius 2 is 1.96 bits per heavy atom. The molecule has 0 radical (unpaired) electrons. The zero-order valence-corrected chi connectivity index (χ0v) is 15.0. The molecule has 1 aromatic carbocycles. The molecule has 0 fully saturated rings. The van der Waals surface area contributed by atoms with Crippen LogP contribution in [0.15, 0.2) is 46.9 Å². The van der Waals surface area contributed by atoms with Gasteiger partial charge in [-0.05, 0) is 31.7 Å². The fourth-order valence-electron chi connectivity index (χ4n) is 3.15. The molecular weight excluding hydrogens is 312 g/mol. The summed E-state index contributed by atoms with van der Waals surface area (Å²) in [6, 6.07) is 14.3. The first-order chi connectivity index (χ1) is 12.2. The highest BCUT2D eigenvalue weighted by Gasteiger charge is 2.17. The second kappa shape index (κ2) is 8.06. The van der Waals surface area contributed by atoms with Crippen LogP contribution >= 0.6 is 0 Å². The summed E-state index contributed by atoms with van der Waals surface area (Å²) < 4.78 is 7.82. The number of aryl methyl sites for hydroxylation is 3. The van der Waals surface area contributed by atoms with Gasteiger partial charge in [-0.1, -0.05) is 43.7 Å². The van der Waals surface area contributed by atoms with Crippen molar-refractivity contribution >= 4 is 17.0 Å². The summed E-state index contributed by atoms with van der Waals surface area (Å²) in [7, 11) is 0. The number of hydrogen-bond donors (Lipinski definition) is 1. The highest BCUT2D eigenvalue weighted by atomic mass is 16.3.